The number of nitrogens with one attached hydrogen (secondary N) is 1. The van der Waals surface area contributed by atoms with Gasteiger partial charge in [0, 0.05) is 17.1 Å². The summed E-state index contributed by atoms with van der Waals surface area (Å²) >= 11 is 3.41. The predicted molar refractivity (Wildman–Crippen MR) is 82.8 cm³/mol. The Morgan fingerprint density at radius 3 is 2.50 bits per heavy atom. The van der Waals surface area contributed by atoms with E-state index in [0.717, 1.165) is 10.0 Å². The molecule has 0 aliphatic carbocycles. The van der Waals surface area contributed by atoms with Crippen LogP contribution in [0, 0.1) is 0 Å². The summed E-state index contributed by atoms with van der Waals surface area (Å²) < 4.78 is 1.05. The molecular formula is C16H16BrNO2. The van der Waals surface area contributed by atoms with E-state index in [2.05, 4.69) is 28.2 Å². The van der Waals surface area contributed by atoms with Crippen molar-refractivity contribution in [2.24, 2.45) is 0 Å². The lowest BCUT2D eigenvalue weighted by Gasteiger charge is -2.15. The molecule has 2 aromatic carbocycles. The van der Waals surface area contributed by atoms with Crippen LogP contribution in [-0.2, 0) is 6.54 Å². The first kappa shape index (κ1) is 14.8. The molecule has 20 heavy (non-hydrogen) atoms. The second kappa shape index (κ2) is 6.68. The molecule has 1 unspecified atom stereocenters. The molecule has 2 N–H and O–H groups in total. The topological polar surface area (TPSA) is 49.3 Å². The molecule has 2 aromatic rings. The lowest BCUT2D eigenvalue weighted by molar-refractivity contribution is 0.0695. The van der Waals surface area contributed by atoms with E-state index in [0.29, 0.717) is 12.1 Å². The Morgan fingerprint density at radius 2 is 1.85 bits per heavy atom. The first-order chi connectivity index (χ1) is 9.58. The number of carboxylic acid groups (broad SMARTS) is 1. The highest BCUT2D eigenvalue weighted by molar-refractivity contribution is 9.10. The van der Waals surface area contributed by atoms with Crippen molar-refractivity contribution in [1.82, 2.24) is 5.32 Å². The standard InChI is InChI=1S/C16H16BrNO2/c1-11(12-6-8-14(17)9-7-12)18-10-13-4-2-3-5-15(13)16(19)20/h2-9,11,18H,10H2,1H3,(H,19,20). The van der Waals surface area contributed by atoms with E-state index in [1.165, 1.54) is 5.56 Å². The van der Waals surface area contributed by atoms with Crippen molar-refractivity contribution in [2.75, 3.05) is 0 Å². The smallest absolute Gasteiger partial charge is 0.336 e. The van der Waals surface area contributed by atoms with Gasteiger partial charge in [-0.25, -0.2) is 4.79 Å². The number of hydrogen-bond donors (Lipinski definition) is 2. The number of hydrogen-bond acceptors (Lipinski definition) is 2. The fourth-order valence-electron chi connectivity index (χ4n) is 2.02. The number of halogens is 1. The highest BCUT2D eigenvalue weighted by Crippen LogP contribution is 2.17. The van der Waals surface area contributed by atoms with Crippen LogP contribution >= 0.6 is 15.9 Å². The van der Waals surface area contributed by atoms with Gasteiger partial charge in [0.2, 0.25) is 0 Å². The predicted octanol–water partition coefficient (Wildman–Crippen LogP) is 4.00. The van der Waals surface area contributed by atoms with Crippen molar-refractivity contribution in [3.8, 4) is 0 Å². The maximum atomic E-state index is 11.1. The molecular weight excluding hydrogens is 318 g/mol. The van der Waals surface area contributed by atoms with Crippen molar-refractivity contribution in [3.63, 3.8) is 0 Å². The average Bonchev–Trinajstić information content (AvgIpc) is 2.45. The van der Waals surface area contributed by atoms with E-state index in [1.54, 1.807) is 12.1 Å². The van der Waals surface area contributed by atoms with Gasteiger partial charge in [-0.1, -0.05) is 46.3 Å². The number of carbonyl (C=O) groups is 1. The maximum Gasteiger partial charge on any atom is 0.336 e. The molecule has 2 rings (SSSR count). The van der Waals surface area contributed by atoms with Gasteiger partial charge in [-0.05, 0) is 36.2 Å². The largest absolute Gasteiger partial charge is 0.478 e. The molecule has 0 amide bonds. The number of rotatable bonds is 5. The molecule has 0 radical (unpaired) electrons. The van der Waals surface area contributed by atoms with Crippen molar-refractivity contribution in [1.29, 1.82) is 0 Å². The SMILES string of the molecule is CC(NCc1ccccc1C(=O)O)c1ccc(Br)cc1. The Kier molecular flexibility index (Phi) is 4.93. The Labute approximate surface area is 126 Å². The van der Waals surface area contributed by atoms with E-state index in [1.807, 2.05) is 36.4 Å². The lowest BCUT2D eigenvalue weighted by atomic mass is 10.1. The zero-order valence-electron chi connectivity index (χ0n) is 11.1. The monoisotopic (exact) mass is 333 g/mol. The highest BCUT2D eigenvalue weighted by atomic mass is 79.9. The molecule has 0 aliphatic heterocycles. The zero-order valence-corrected chi connectivity index (χ0v) is 12.7. The molecule has 3 nitrogen and oxygen atoms in total. The molecule has 0 spiro atoms. The third-order valence-corrected chi connectivity index (χ3v) is 3.75. The van der Waals surface area contributed by atoms with Crippen LogP contribution < -0.4 is 5.32 Å². The first-order valence-electron chi connectivity index (χ1n) is 6.38. The second-order valence-electron chi connectivity index (χ2n) is 4.62. The van der Waals surface area contributed by atoms with Crippen LogP contribution in [0.5, 0.6) is 0 Å². The van der Waals surface area contributed by atoms with E-state index in [4.69, 9.17) is 5.11 Å². The number of benzene rings is 2. The normalized spacial score (nSPS) is 12.1. The van der Waals surface area contributed by atoms with Crippen LogP contribution in [0.4, 0.5) is 0 Å². The summed E-state index contributed by atoms with van der Waals surface area (Å²) in [6, 6.07) is 15.3. The van der Waals surface area contributed by atoms with Gasteiger partial charge in [0.05, 0.1) is 5.56 Å². The van der Waals surface area contributed by atoms with Crippen molar-refractivity contribution < 1.29 is 9.90 Å². The third-order valence-electron chi connectivity index (χ3n) is 3.22. The summed E-state index contributed by atoms with van der Waals surface area (Å²) in [5.74, 6) is -0.890. The van der Waals surface area contributed by atoms with Gasteiger partial charge in [0.15, 0.2) is 0 Å². The highest BCUT2D eigenvalue weighted by Gasteiger charge is 2.10. The van der Waals surface area contributed by atoms with E-state index in [-0.39, 0.29) is 6.04 Å². The Bertz CT molecular complexity index is 596. The Hall–Kier alpha value is -1.65. The molecule has 0 fully saturated rings. The van der Waals surface area contributed by atoms with Gasteiger partial charge in [0.25, 0.3) is 0 Å². The van der Waals surface area contributed by atoms with Crippen molar-refractivity contribution >= 4 is 21.9 Å². The summed E-state index contributed by atoms with van der Waals surface area (Å²) in [6.07, 6.45) is 0. The third kappa shape index (κ3) is 3.68. The van der Waals surface area contributed by atoms with Crippen LogP contribution in [-0.4, -0.2) is 11.1 Å². The van der Waals surface area contributed by atoms with Gasteiger partial charge in [0.1, 0.15) is 0 Å². The van der Waals surface area contributed by atoms with Gasteiger partial charge in [-0.3, -0.25) is 0 Å². The maximum absolute atomic E-state index is 11.1. The van der Waals surface area contributed by atoms with E-state index in [9.17, 15) is 4.79 Å². The fraction of sp³-hybridized carbons (Fsp3) is 0.188. The summed E-state index contributed by atoms with van der Waals surface area (Å²) in [4.78, 5) is 11.1. The minimum absolute atomic E-state index is 0.157. The molecule has 0 aromatic heterocycles. The van der Waals surface area contributed by atoms with Crippen LogP contribution in [0.1, 0.15) is 34.5 Å². The summed E-state index contributed by atoms with van der Waals surface area (Å²) in [5.41, 5.74) is 2.31. The fourth-order valence-corrected chi connectivity index (χ4v) is 2.28. The Balaban J connectivity index is 2.05. The first-order valence-corrected chi connectivity index (χ1v) is 7.17. The van der Waals surface area contributed by atoms with Gasteiger partial charge >= 0.3 is 5.97 Å². The molecule has 0 bridgehead atoms. The number of aromatic carboxylic acids is 1. The van der Waals surface area contributed by atoms with E-state index < -0.39 is 5.97 Å². The van der Waals surface area contributed by atoms with Crippen molar-refractivity contribution in [3.05, 3.63) is 69.7 Å². The van der Waals surface area contributed by atoms with E-state index >= 15 is 0 Å². The molecule has 4 heteroatoms. The quantitative estimate of drug-likeness (QED) is 0.869. The zero-order chi connectivity index (χ0) is 14.5. The average molecular weight is 334 g/mol. The van der Waals surface area contributed by atoms with Crippen LogP contribution in [0.3, 0.4) is 0 Å². The molecule has 0 saturated heterocycles. The van der Waals surface area contributed by atoms with Crippen molar-refractivity contribution in [2.45, 2.75) is 19.5 Å². The summed E-state index contributed by atoms with van der Waals surface area (Å²) in [6.45, 7) is 2.59. The minimum atomic E-state index is -0.890. The van der Waals surface area contributed by atoms with Crippen LogP contribution in [0.15, 0.2) is 53.0 Å². The molecule has 104 valence electrons. The minimum Gasteiger partial charge on any atom is -0.478 e. The second-order valence-corrected chi connectivity index (χ2v) is 5.53. The summed E-state index contributed by atoms with van der Waals surface area (Å²) in [7, 11) is 0. The van der Waals surface area contributed by atoms with Gasteiger partial charge in [-0.2, -0.15) is 0 Å². The van der Waals surface area contributed by atoms with Crippen LogP contribution in [0.25, 0.3) is 0 Å². The summed E-state index contributed by atoms with van der Waals surface area (Å²) in [5, 5.41) is 12.5. The molecule has 1 atom stereocenters. The van der Waals surface area contributed by atoms with Crippen LogP contribution in [0.2, 0.25) is 0 Å². The Morgan fingerprint density at radius 1 is 1.20 bits per heavy atom. The molecule has 0 aliphatic rings. The molecule has 0 heterocycles. The number of carboxylic acids is 1. The lowest BCUT2D eigenvalue weighted by Crippen LogP contribution is -2.19. The van der Waals surface area contributed by atoms with Gasteiger partial charge < -0.3 is 10.4 Å². The molecule has 0 saturated carbocycles. The van der Waals surface area contributed by atoms with Gasteiger partial charge in [-0.15, -0.1) is 0 Å².